The molecule has 6 heteroatoms. The van der Waals surface area contributed by atoms with Crippen LogP contribution in [0.1, 0.15) is 21.5 Å². The Kier molecular flexibility index (Phi) is 6.09. The molecule has 2 rings (SSSR count). The van der Waals surface area contributed by atoms with Crippen LogP contribution in [0, 0.1) is 13.8 Å². The van der Waals surface area contributed by atoms with Crippen LogP contribution in [0.5, 0.6) is 17.2 Å². The Balaban J connectivity index is 2.02. The number of carbonyl (C=O) groups is 1. The second-order valence-corrected chi connectivity index (χ2v) is 6.04. The van der Waals surface area contributed by atoms with Crippen LogP contribution in [0.3, 0.4) is 0 Å². The van der Waals surface area contributed by atoms with Crippen molar-refractivity contribution in [3.8, 4) is 17.2 Å². The number of carboxylic acids is 1. The van der Waals surface area contributed by atoms with E-state index in [1.807, 2.05) is 32.0 Å². The van der Waals surface area contributed by atoms with Crippen molar-refractivity contribution < 1.29 is 24.1 Å². The van der Waals surface area contributed by atoms with Crippen molar-refractivity contribution in [2.24, 2.45) is 0 Å². The number of halogens is 1. The first-order valence-corrected chi connectivity index (χ1v) is 8.16. The Morgan fingerprint density at radius 1 is 1.12 bits per heavy atom. The summed E-state index contributed by atoms with van der Waals surface area (Å²) in [6.45, 7) is 4.70. The van der Waals surface area contributed by atoms with Gasteiger partial charge in [0.25, 0.3) is 0 Å². The molecular weight excluding hydrogens is 376 g/mol. The summed E-state index contributed by atoms with van der Waals surface area (Å²) in [5.41, 5.74) is 2.39. The summed E-state index contributed by atoms with van der Waals surface area (Å²) < 4.78 is 17.2. The van der Waals surface area contributed by atoms with E-state index >= 15 is 0 Å². The van der Waals surface area contributed by atoms with Crippen LogP contribution in [0.4, 0.5) is 0 Å². The Bertz CT molecular complexity index is 742. The lowest BCUT2D eigenvalue weighted by Gasteiger charge is -2.15. The quantitative estimate of drug-likeness (QED) is 0.711. The number of hydrogen-bond donors (Lipinski definition) is 1. The minimum Gasteiger partial charge on any atom is -0.493 e. The highest BCUT2D eigenvalue weighted by molar-refractivity contribution is 9.10. The van der Waals surface area contributed by atoms with Crippen LogP contribution >= 0.6 is 15.9 Å². The molecule has 0 heterocycles. The fourth-order valence-corrected chi connectivity index (χ4v) is 2.72. The van der Waals surface area contributed by atoms with Crippen LogP contribution in [0.25, 0.3) is 0 Å². The molecule has 0 atom stereocenters. The van der Waals surface area contributed by atoms with Gasteiger partial charge in [-0.25, -0.2) is 4.79 Å². The first-order valence-electron chi connectivity index (χ1n) is 7.36. The van der Waals surface area contributed by atoms with E-state index in [2.05, 4.69) is 15.9 Å². The molecule has 0 saturated carbocycles. The van der Waals surface area contributed by atoms with Crippen LogP contribution in [-0.4, -0.2) is 31.4 Å². The molecule has 0 bridgehead atoms. The van der Waals surface area contributed by atoms with Crippen molar-refractivity contribution in [2.45, 2.75) is 13.8 Å². The Morgan fingerprint density at radius 3 is 2.50 bits per heavy atom. The molecule has 0 saturated heterocycles. The average Bonchev–Trinajstić information content (AvgIpc) is 2.55. The summed E-state index contributed by atoms with van der Waals surface area (Å²) in [7, 11) is 1.47. The summed E-state index contributed by atoms with van der Waals surface area (Å²) in [6, 6.07) is 8.80. The summed E-state index contributed by atoms with van der Waals surface area (Å²) in [5.74, 6) is 0.602. The smallest absolute Gasteiger partial charge is 0.335 e. The van der Waals surface area contributed by atoms with Gasteiger partial charge in [0.15, 0.2) is 11.5 Å². The first-order chi connectivity index (χ1) is 11.4. The van der Waals surface area contributed by atoms with Crippen molar-refractivity contribution in [2.75, 3.05) is 20.3 Å². The van der Waals surface area contributed by atoms with E-state index in [9.17, 15) is 4.79 Å². The topological polar surface area (TPSA) is 65.0 Å². The third-order valence-corrected chi connectivity index (χ3v) is 4.21. The number of carboxylic acid groups (broad SMARTS) is 1. The SMILES string of the molecule is COc1cc(C(=O)O)cc(Br)c1OCCOc1cccc(C)c1C. The van der Waals surface area contributed by atoms with Crippen LogP contribution in [-0.2, 0) is 0 Å². The van der Waals surface area contributed by atoms with E-state index < -0.39 is 5.97 Å². The Hall–Kier alpha value is -2.21. The molecule has 0 aliphatic heterocycles. The molecule has 24 heavy (non-hydrogen) atoms. The van der Waals surface area contributed by atoms with Gasteiger partial charge in [0.05, 0.1) is 17.1 Å². The van der Waals surface area contributed by atoms with Gasteiger partial charge in [0.1, 0.15) is 19.0 Å². The fourth-order valence-electron chi connectivity index (χ4n) is 2.16. The van der Waals surface area contributed by atoms with Gasteiger partial charge < -0.3 is 19.3 Å². The van der Waals surface area contributed by atoms with Gasteiger partial charge in [-0.1, -0.05) is 12.1 Å². The molecule has 0 aromatic heterocycles. The van der Waals surface area contributed by atoms with E-state index in [1.165, 1.54) is 24.8 Å². The van der Waals surface area contributed by atoms with Gasteiger partial charge in [0, 0.05) is 0 Å². The molecule has 0 spiro atoms. The second-order valence-electron chi connectivity index (χ2n) is 5.19. The Labute approximate surface area is 149 Å². The molecule has 128 valence electrons. The van der Waals surface area contributed by atoms with Crippen LogP contribution < -0.4 is 14.2 Å². The van der Waals surface area contributed by atoms with Gasteiger partial charge in [0.2, 0.25) is 0 Å². The van der Waals surface area contributed by atoms with E-state index in [4.69, 9.17) is 19.3 Å². The molecule has 5 nitrogen and oxygen atoms in total. The molecule has 1 N–H and O–H groups in total. The van der Waals surface area contributed by atoms with E-state index in [0.29, 0.717) is 29.2 Å². The lowest BCUT2D eigenvalue weighted by atomic mass is 10.1. The molecule has 2 aromatic carbocycles. The third kappa shape index (κ3) is 4.20. The van der Waals surface area contributed by atoms with Crippen molar-refractivity contribution in [1.29, 1.82) is 0 Å². The number of hydrogen-bond acceptors (Lipinski definition) is 4. The Morgan fingerprint density at radius 2 is 1.83 bits per heavy atom. The fraction of sp³-hybridized carbons (Fsp3) is 0.278. The molecule has 2 aromatic rings. The average molecular weight is 395 g/mol. The standard InChI is InChI=1S/C18H19BrO5/c1-11-5-4-6-15(12(11)2)23-7-8-24-17-14(19)9-13(18(20)21)10-16(17)22-3/h4-6,9-10H,7-8H2,1-3H3,(H,20,21). The normalized spacial score (nSPS) is 10.3. The first kappa shape index (κ1) is 18.1. The lowest BCUT2D eigenvalue weighted by Crippen LogP contribution is -2.11. The van der Waals surface area contributed by atoms with E-state index in [1.54, 1.807) is 0 Å². The van der Waals surface area contributed by atoms with Crippen LogP contribution in [0.15, 0.2) is 34.8 Å². The maximum absolute atomic E-state index is 11.1. The second kappa shape index (κ2) is 8.06. The number of aromatic carboxylic acids is 1. The highest BCUT2D eigenvalue weighted by atomic mass is 79.9. The molecule has 0 aliphatic rings. The lowest BCUT2D eigenvalue weighted by molar-refractivity contribution is 0.0696. The number of aryl methyl sites for hydroxylation is 1. The number of ether oxygens (including phenoxy) is 3. The third-order valence-electron chi connectivity index (χ3n) is 3.62. The van der Waals surface area contributed by atoms with Gasteiger partial charge >= 0.3 is 5.97 Å². The minimum atomic E-state index is -1.03. The largest absolute Gasteiger partial charge is 0.493 e. The monoisotopic (exact) mass is 394 g/mol. The van der Waals surface area contributed by atoms with Crippen molar-refractivity contribution in [1.82, 2.24) is 0 Å². The highest BCUT2D eigenvalue weighted by Crippen LogP contribution is 2.36. The summed E-state index contributed by atoms with van der Waals surface area (Å²) >= 11 is 3.32. The van der Waals surface area contributed by atoms with Gasteiger partial charge in [-0.15, -0.1) is 0 Å². The number of rotatable bonds is 7. The molecule has 0 unspecified atom stereocenters. The molecule has 0 radical (unpaired) electrons. The maximum Gasteiger partial charge on any atom is 0.335 e. The van der Waals surface area contributed by atoms with Crippen LogP contribution in [0.2, 0.25) is 0 Å². The van der Waals surface area contributed by atoms with E-state index in [-0.39, 0.29) is 5.56 Å². The van der Waals surface area contributed by atoms with E-state index in [0.717, 1.165) is 11.3 Å². The maximum atomic E-state index is 11.1. The zero-order valence-electron chi connectivity index (χ0n) is 13.8. The molecular formula is C18H19BrO5. The highest BCUT2D eigenvalue weighted by Gasteiger charge is 2.15. The predicted molar refractivity (Wildman–Crippen MR) is 94.6 cm³/mol. The summed E-state index contributed by atoms with van der Waals surface area (Å²) in [4.78, 5) is 11.1. The zero-order valence-corrected chi connectivity index (χ0v) is 15.3. The summed E-state index contributed by atoms with van der Waals surface area (Å²) in [6.07, 6.45) is 0. The van der Waals surface area contributed by atoms with Gasteiger partial charge in [-0.05, 0) is 59.1 Å². The number of methoxy groups -OCH3 is 1. The predicted octanol–water partition coefficient (Wildman–Crippen LogP) is 4.23. The molecule has 0 fully saturated rings. The molecule has 0 amide bonds. The van der Waals surface area contributed by atoms with Gasteiger partial charge in [-0.3, -0.25) is 0 Å². The van der Waals surface area contributed by atoms with Gasteiger partial charge in [-0.2, -0.15) is 0 Å². The van der Waals surface area contributed by atoms with Crippen molar-refractivity contribution in [3.63, 3.8) is 0 Å². The van der Waals surface area contributed by atoms with Crippen molar-refractivity contribution >= 4 is 21.9 Å². The van der Waals surface area contributed by atoms with Crippen molar-refractivity contribution in [3.05, 3.63) is 51.5 Å². The number of benzene rings is 2. The minimum absolute atomic E-state index is 0.123. The molecule has 0 aliphatic carbocycles. The summed E-state index contributed by atoms with van der Waals surface area (Å²) in [5, 5.41) is 9.07. The zero-order chi connectivity index (χ0) is 17.7.